The topological polar surface area (TPSA) is 30.2 Å². The van der Waals surface area contributed by atoms with Crippen LogP contribution < -0.4 is 0 Å². The Balaban J connectivity index is 0.000000509. The molecule has 3 nitrogen and oxygen atoms in total. The molecular weight excluding hydrogens is 198 g/mol. The molecule has 0 aliphatic carbocycles. The third kappa shape index (κ3) is 3.05. The van der Waals surface area contributed by atoms with E-state index in [1.165, 1.54) is 5.69 Å². The van der Waals surface area contributed by atoms with Crippen LogP contribution >= 0.6 is 0 Å². The predicted molar refractivity (Wildman–Crippen MR) is 69.8 cm³/mol. The number of rotatable bonds is 1. The molecule has 16 heavy (non-hydrogen) atoms. The first-order valence-electron chi connectivity index (χ1n) is 6.12. The second kappa shape index (κ2) is 7.85. The maximum Gasteiger partial charge on any atom is 0.160 e. The molecule has 0 N–H and O–H groups in total. The minimum absolute atomic E-state index is 0.937. The van der Waals surface area contributed by atoms with Crippen molar-refractivity contribution in [1.29, 1.82) is 0 Å². The molecule has 90 valence electrons. The van der Waals surface area contributed by atoms with Gasteiger partial charge in [0.1, 0.15) is 5.82 Å². The summed E-state index contributed by atoms with van der Waals surface area (Å²) in [7, 11) is 0. The first kappa shape index (κ1) is 14.6. The molecule has 0 radical (unpaired) electrons. The second-order valence-electron chi connectivity index (χ2n) is 2.81. The molecule has 2 heterocycles. The van der Waals surface area contributed by atoms with E-state index in [2.05, 4.69) is 27.6 Å². The van der Waals surface area contributed by atoms with Crippen LogP contribution in [0, 0.1) is 6.92 Å². The van der Waals surface area contributed by atoms with Gasteiger partial charge in [-0.15, -0.1) is 10.2 Å². The summed E-state index contributed by atoms with van der Waals surface area (Å²) >= 11 is 0. The summed E-state index contributed by atoms with van der Waals surface area (Å²) in [6.45, 7) is 12.1. The number of hydrogen-bond donors (Lipinski definition) is 0. The van der Waals surface area contributed by atoms with Crippen molar-refractivity contribution in [1.82, 2.24) is 14.6 Å². The van der Waals surface area contributed by atoms with Crippen LogP contribution in [0.25, 0.3) is 5.65 Å². The van der Waals surface area contributed by atoms with E-state index in [9.17, 15) is 0 Å². The molecular formula is C13H23N3. The molecule has 2 rings (SSSR count). The summed E-state index contributed by atoms with van der Waals surface area (Å²) in [5.74, 6) is 0.961. The standard InChI is InChI=1S/C9H11N3.2C2H6/c1-3-8-5-4-6-9-11-10-7(2)12(8)9;2*1-2/h4-6H,3H2,1-2H3;2*1-2H3. The van der Waals surface area contributed by atoms with Gasteiger partial charge in [0.2, 0.25) is 0 Å². The molecule has 0 saturated carbocycles. The smallest absolute Gasteiger partial charge is 0.160 e. The van der Waals surface area contributed by atoms with E-state index in [1.54, 1.807) is 0 Å². The maximum absolute atomic E-state index is 4.04. The summed E-state index contributed by atoms with van der Waals surface area (Å²) in [5.41, 5.74) is 2.20. The summed E-state index contributed by atoms with van der Waals surface area (Å²) in [4.78, 5) is 0. The van der Waals surface area contributed by atoms with Crippen molar-refractivity contribution < 1.29 is 0 Å². The van der Waals surface area contributed by atoms with E-state index in [0.29, 0.717) is 0 Å². The lowest BCUT2D eigenvalue weighted by Crippen LogP contribution is -1.96. The Morgan fingerprint density at radius 1 is 1.06 bits per heavy atom. The zero-order valence-electron chi connectivity index (χ0n) is 11.3. The van der Waals surface area contributed by atoms with Crippen molar-refractivity contribution in [3.8, 4) is 0 Å². The SMILES string of the molecule is CC.CC.CCc1cccc2nnc(C)n12. The highest BCUT2D eigenvalue weighted by atomic mass is 15.2. The highest BCUT2D eigenvalue weighted by Crippen LogP contribution is 2.07. The molecule has 0 unspecified atom stereocenters. The van der Waals surface area contributed by atoms with Gasteiger partial charge < -0.3 is 0 Å². The molecule has 0 fully saturated rings. The molecule has 0 bridgehead atoms. The van der Waals surface area contributed by atoms with Crippen LogP contribution in [0.2, 0.25) is 0 Å². The number of pyridine rings is 1. The van der Waals surface area contributed by atoms with Crippen molar-refractivity contribution in [3.05, 3.63) is 29.7 Å². The van der Waals surface area contributed by atoms with Gasteiger partial charge in [0.15, 0.2) is 5.65 Å². The molecule has 2 aromatic heterocycles. The van der Waals surface area contributed by atoms with Crippen molar-refractivity contribution >= 4 is 5.65 Å². The van der Waals surface area contributed by atoms with Crippen molar-refractivity contribution in [2.45, 2.75) is 48.0 Å². The molecule has 3 heteroatoms. The van der Waals surface area contributed by atoms with Crippen LogP contribution in [0.1, 0.15) is 46.1 Å². The summed E-state index contributed by atoms with van der Waals surface area (Å²) < 4.78 is 2.08. The van der Waals surface area contributed by atoms with Gasteiger partial charge in [-0.25, -0.2) is 0 Å². The van der Waals surface area contributed by atoms with Crippen molar-refractivity contribution in [2.24, 2.45) is 0 Å². The number of aromatic nitrogens is 3. The maximum atomic E-state index is 4.04. The normalized spacial score (nSPS) is 8.88. The lowest BCUT2D eigenvalue weighted by atomic mass is 10.3. The molecule has 0 aliphatic rings. The van der Waals surface area contributed by atoms with Gasteiger partial charge in [-0.05, 0) is 25.5 Å². The van der Waals surface area contributed by atoms with Crippen LogP contribution in [0.5, 0.6) is 0 Å². The Hall–Kier alpha value is -1.38. The Morgan fingerprint density at radius 3 is 2.25 bits per heavy atom. The van der Waals surface area contributed by atoms with Crippen molar-refractivity contribution in [2.75, 3.05) is 0 Å². The van der Waals surface area contributed by atoms with E-state index in [1.807, 2.05) is 46.8 Å². The third-order valence-corrected chi connectivity index (χ3v) is 2.03. The van der Waals surface area contributed by atoms with Gasteiger partial charge in [-0.1, -0.05) is 40.7 Å². The molecule has 0 aromatic carbocycles. The van der Waals surface area contributed by atoms with Gasteiger partial charge in [0, 0.05) is 5.69 Å². The number of fused-ring (bicyclic) bond motifs is 1. The van der Waals surface area contributed by atoms with Crippen LogP contribution in [0.15, 0.2) is 18.2 Å². The van der Waals surface area contributed by atoms with Gasteiger partial charge in [0.05, 0.1) is 0 Å². The lowest BCUT2D eigenvalue weighted by Gasteiger charge is -2.01. The first-order chi connectivity index (χ1) is 7.83. The summed E-state index contributed by atoms with van der Waals surface area (Å²) in [5, 5.41) is 8.06. The van der Waals surface area contributed by atoms with Crippen LogP contribution in [-0.2, 0) is 6.42 Å². The Labute approximate surface area is 98.5 Å². The van der Waals surface area contributed by atoms with Gasteiger partial charge in [0.25, 0.3) is 0 Å². The van der Waals surface area contributed by atoms with Gasteiger partial charge >= 0.3 is 0 Å². The molecule has 0 atom stereocenters. The van der Waals surface area contributed by atoms with E-state index < -0.39 is 0 Å². The summed E-state index contributed by atoms with van der Waals surface area (Å²) in [6, 6.07) is 6.09. The number of aryl methyl sites for hydroxylation is 2. The summed E-state index contributed by atoms with van der Waals surface area (Å²) in [6.07, 6.45) is 1.01. The molecule has 0 spiro atoms. The Morgan fingerprint density at radius 2 is 1.69 bits per heavy atom. The quantitative estimate of drug-likeness (QED) is 0.735. The van der Waals surface area contributed by atoms with Crippen LogP contribution in [-0.4, -0.2) is 14.6 Å². The van der Waals surface area contributed by atoms with Gasteiger partial charge in [-0.3, -0.25) is 4.40 Å². The minimum Gasteiger partial charge on any atom is -0.284 e. The fourth-order valence-electron chi connectivity index (χ4n) is 1.44. The average Bonchev–Trinajstić information content (AvgIpc) is 2.76. The highest BCUT2D eigenvalue weighted by molar-refractivity contribution is 5.39. The first-order valence-corrected chi connectivity index (χ1v) is 6.12. The lowest BCUT2D eigenvalue weighted by molar-refractivity contribution is 0.926. The Kier molecular flexibility index (Phi) is 7.18. The van der Waals surface area contributed by atoms with Crippen LogP contribution in [0.4, 0.5) is 0 Å². The molecule has 0 aliphatic heterocycles. The van der Waals surface area contributed by atoms with Crippen molar-refractivity contribution in [3.63, 3.8) is 0 Å². The van der Waals surface area contributed by atoms with Gasteiger partial charge in [-0.2, -0.15) is 0 Å². The highest BCUT2D eigenvalue weighted by Gasteiger charge is 2.02. The van der Waals surface area contributed by atoms with E-state index in [0.717, 1.165) is 17.9 Å². The van der Waals surface area contributed by atoms with E-state index >= 15 is 0 Å². The van der Waals surface area contributed by atoms with Crippen LogP contribution in [0.3, 0.4) is 0 Å². The largest absolute Gasteiger partial charge is 0.284 e. The number of hydrogen-bond acceptors (Lipinski definition) is 2. The number of nitrogens with zero attached hydrogens (tertiary/aromatic N) is 3. The third-order valence-electron chi connectivity index (χ3n) is 2.03. The fraction of sp³-hybridized carbons (Fsp3) is 0.538. The minimum atomic E-state index is 0.937. The monoisotopic (exact) mass is 221 g/mol. The zero-order valence-corrected chi connectivity index (χ0v) is 11.3. The molecule has 2 aromatic rings. The average molecular weight is 221 g/mol. The molecule has 0 saturated heterocycles. The fourth-order valence-corrected chi connectivity index (χ4v) is 1.44. The molecule has 0 amide bonds. The second-order valence-corrected chi connectivity index (χ2v) is 2.81. The predicted octanol–water partition coefficient (Wildman–Crippen LogP) is 3.65. The van der Waals surface area contributed by atoms with E-state index in [-0.39, 0.29) is 0 Å². The zero-order chi connectivity index (χ0) is 12.6. The Bertz CT molecular complexity index is 404. The van der Waals surface area contributed by atoms with E-state index in [4.69, 9.17) is 0 Å².